The van der Waals surface area contributed by atoms with Crippen molar-refractivity contribution in [1.82, 2.24) is 20.3 Å². The second kappa shape index (κ2) is 9.34. The lowest BCUT2D eigenvalue weighted by Crippen LogP contribution is -2.36. The van der Waals surface area contributed by atoms with Crippen LogP contribution in [0.5, 0.6) is 5.75 Å². The fourth-order valence-electron chi connectivity index (χ4n) is 4.04. The predicted octanol–water partition coefficient (Wildman–Crippen LogP) is 4.86. The molecule has 0 unspecified atom stereocenters. The van der Waals surface area contributed by atoms with E-state index in [2.05, 4.69) is 33.5 Å². The number of benzene rings is 3. The smallest absolute Gasteiger partial charge is 0.190 e. The summed E-state index contributed by atoms with van der Waals surface area (Å²) in [5, 5.41) is 10.8. The van der Waals surface area contributed by atoms with Crippen molar-refractivity contribution in [2.24, 2.45) is 5.10 Å². The number of rotatable bonds is 5. The maximum Gasteiger partial charge on any atom is 0.190 e. The summed E-state index contributed by atoms with van der Waals surface area (Å²) in [6, 6.07) is 24.1. The summed E-state index contributed by atoms with van der Waals surface area (Å²) in [7, 11) is 1.66. The zero-order valence-electron chi connectivity index (χ0n) is 18.2. The number of methoxy groups -OCH3 is 1. The Balaban J connectivity index is 1.48. The first-order chi connectivity index (χ1) is 16.2. The van der Waals surface area contributed by atoms with Crippen LogP contribution in [0.15, 0.2) is 90.3 Å². The highest BCUT2D eigenvalue weighted by Gasteiger charge is 2.33. The van der Waals surface area contributed by atoms with Gasteiger partial charge in [0.2, 0.25) is 0 Å². The standard InChI is InChI=1S/C26H23N5OS/c1-32-20-12-10-19(11-13-20)23-16-24(21-8-5-9-22-25(21)28-15-14-27-22)31(30-23)26(33)29-17-18-6-3-2-4-7-18/h2-15,24H,16-17H2,1H3,(H,29,33)/t24-/m1/s1. The van der Waals surface area contributed by atoms with Crippen molar-refractivity contribution in [1.29, 1.82) is 0 Å². The Morgan fingerprint density at radius 1 is 1.00 bits per heavy atom. The average Bonchev–Trinajstić information content (AvgIpc) is 3.33. The van der Waals surface area contributed by atoms with E-state index in [9.17, 15) is 0 Å². The van der Waals surface area contributed by atoms with Crippen molar-refractivity contribution < 1.29 is 4.74 Å². The maximum atomic E-state index is 5.81. The Hall–Kier alpha value is -3.84. The molecule has 0 radical (unpaired) electrons. The Bertz CT molecular complexity index is 1300. The van der Waals surface area contributed by atoms with Crippen LogP contribution in [0, 0.1) is 0 Å². The topological polar surface area (TPSA) is 62.6 Å². The molecular formula is C26H23N5OS. The predicted molar refractivity (Wildman–Crippen MR) is 134 cm³/mol. The highest BCUT2D eigenvalue weighted by molar-refractivity contribution is 7.80. The third-order valence-electron chi connectivity index (χ3n) is 5.72. The fraction of sp³-hybridized carbons (Fsp3) is 0.154. The number of hydrogen-bond donors (Lipinski definition) is 1. The van der Waals surface area contributed by atoms with Crippen molar-refractivity contribution in [2.45, 2.75) is 19.0 Å². The lowest BCUT2D eigenvalue weighted by molar-refractivity contribution is 0.365. The highest BCUT2D eigenvalue weighted by atomic mass is 32.1. The zero-order chi connectivity index (χ0) is 22.6. The molecule has 0 amide bonds. The van der Waals surface area contributed by atoms with Gasteiger partial charge in [-0.3, -0.25) is 9.97 Å². The van der Waals surface area contributed by atoms with Crippen LogP contribution < -0.4 is 10.1 Å². The van der Waals surface area contributed by atoms with Gasteiger partial charge in [0, 0.05) is 30.9 Å². The van der Waals surface area contributed by atoms with Crippen LogP contribution in [0.2, 0.25) is 0 Å². The number of fused-ring (bicyclic) bond motifs is 1. The first-order valence-corrected chi connectivity index (χ1v) is 11.2. The molecule has 0 bridgehead atoms. The summed E-state index contributed by atoms with van der Waals surface area (Å²) in [4.78, 5) is 9.09. The summed E-state index contributed by atoms with van der Waals surface area (Å²) in [6.07, 6.45) is 4.14. The second-order valence-electron chi connectivity index (χ2n) is 7.76. The molecule has 6 nitrogen and oxygen atoms in total. The van der Waals surface area contributed by atoms with Gasteiger partial charge >= 0.3 is 0 Å². The molecule has 4 aromatic rings. The number of aromatic nitrogens is 2. The number of para-hydroxylation sites is 1. The molecule has 164 valence electrons. The Labute approximate surface area is 197 Å². The molecule has 1 aliphatic heterocycles. The van der Waals surface area contributed by atoms with Gasteiger partial charge < -0.3 is 10.1 Å². The van der Waals surface area contributed by atoms with Crippen LogP contribution in [0.25, 0.3) is 11.0 Å². The van der Waals surface area contributed by atoms with Crippen LogP contribution in [0.3, 0.4) is 0 Å². The number of nitrogens with zero attached hydrogens (tertiary/aromatic N) is 4. The Kier molecular flexibility index (Phi) is 5.95. The summed E-state index contributed by atoms with van der Waals surface area (Å²) in [6.45, 7) is 0.631. The maximum absolute atomic E-state index is 5.81. The van der Waals surface area contributed by atoms with Crippen LogP contribution in [-0.4, -0.2) is 32.9 Å². The van der Waals surface area contributed by atoms with Crippen molar-refractivity contribution in [2.75, 3.05) is 7.11 Å². The third-order valence-corrected chi connectivity index (χ3v) is 6.05. The van der Waals surface area contributed by atoms with E-state index in [-0.39, 0.29) is 6.04 Å². The van der Waals surface area contributed by atoms with E-state index in [0.29, 0.717) is 18.1 Å². The zero-order valence-corrected chi connectivity index (χ0v) is 19.0. The molecule has 0 saturated carbocycles. The molecule has 1 atom stereocenters. The minimum atomic E-state index is -0.0849. The first kappa shape index (κ1) is 21.0. The largest absolute Gasteiger partial charge is 0.497 e. The molecule has 33 heavy (non-hydrogen) atoms. The van der Waals surface area contributed by atoms with Crippen LogP contribution >= 0.6 is 12.2 Å². The summed E-state index contributed by atoms with van der Waals surface area (Å²) >= 11 is 5.81. The monoisotopic (exact) mass is 453 g/mol. The SMILES string of the molecule is COc1ccc(C2=NN(C(=S)NCc3ccccc3)[C@@H](c3cccc4nccnc34)C2)cc1. The van der Waals surface area contributed by atoms with Crippen LogP contribution in [0.1, 0.15) is 29.2 Å². The molecular weight excluding hydrogens is 430 g/mol. The van der Waals surface area contributed by atoms with Crippen molar-refractivity contribution in [3.05, 3.63) is 102 Å². The van der Waals surface area contributed by atoms with Crippen molar-refractivity contribution in [3.8, 4) is 5.75 Å². The van der Waals surface area contributed by atoms with Crippen LogP contribution in [0.4, 0.5) is 0 Å². The van der Waals surface area contributed by atoms with E-state index in [0.717, 1.165) is 39.2 Å². The van der Waals surface area contributed by atoms with E-state index in [1.54, 1.807) is 19.5 Å². The van der Waals surface area contributed by atoms with E-state index in [1.165, 1.54) is 0 Å². The van der Waals surface area contributed by atoms with Gasteiger partial charge in [-0.05, 0) is 53.7 Å². The van der Waals surface area contributed by atoms with Gasteiger partial charge in [-0.25, -0.2) is 5.01 Å². The molecule has 1 aliphatic rings. The van der Waals surface area contributed by atoms with Gasteiger partial charge in [0.05, 0.1) is 29.9 Å². The minimum Gasteiger partial charge on any atom is -0.497 e. The van der Waals surface area contributed by atoms with Crippen molar-refractivity contribution >= 4 is 34.1 Å². The van der Waals surface area contributed by atoms with Gasteiger partial charge in [-0.1, -0.05) is 42.5 Å². The first-order valence-electron chi connectivity index (χ1n) is 10.8. The molecule has 3 aromatic carbocycles. The molecule has 2 heterocycles. The number of nitrogens with one attached hydrogen (secondary N) is 1. The molecule has 0 fully saturated rings. The molecule has 1 aromatic heterocycles. The van der Waals surface area contributed by atoms with Crippen molar-refractivity contribution in [3.63, 3.8) is 0 Å². The number of thiocarbonyl (C=S) groups is 1. The molecule has 0 spiro atoms. The highest BCUT2D eigenvalue weighted by Crippen LogP contribution is 2.35. The van der Waals surface area contributed by atoms with Crippen LogP contribution in [-0.2, 0) is 6.54 Å². The molecule has 0 saturated heterocycles. The van der Waals surface area contributed by atoms with E-state index < -0.39 is 0 Å². The normalized spacial score (nSPS) is 15.4. The second-order valence-corrected chi connectivity index (χ2v) is 8.14. The molecule has 7 heteroatoms. The summed E-state index contributed by atoms with van der Waals surface area (Å²) in [5.74, 6) is 0.815. The Morgan fingerprint density at radius 2 is 1.79 bits per heavy atom. The third kappa shape index (κ3) is 4.40. The summed E-state index contributed by atoms with van der Waals surface area (Å²) < 4.78 is 5.31. The van der Waals surface area contributed by atoms with Gasteiger partial charge in [-0.2, -0.15) is 5.10 Å². The molecule has 5 rings (SSSR count). The Morgan fingerprint density at radius 3 is 2.58 bits per heavy atom. The van der Waals surface area contributed by atoms with E-state index in [1.807, 2.05) is 59.6 Å². The fourth-order valence-corrected chi connectivity index (χ4v) is 4.28. The number of hydrogen-bond acceptors (Lipinski definition) is 5. The van der Waals surface area contributed by atoms with Gasteiger partial charge in [0.15, 0.2) is 5.11 Å². The quantitative estimate of drug-likeness (QED) is 0.435. The molecule has 1 N–H and O–H groups in total. The lowest BCUT2D eigenvalue weighted by atomic mass is 9.97. The minimum absolute atomic E-state index is 0.0849. The van der Waals surface area contributed by atoms with E-state index in [4.69, 9.17) is 22.1 Å². The van der Waals surface area contributed by atoms with E-state index >= 15 is 0 Å². The van der Waals surface area contributed by atoms with Gasteiger partial charge in [0.25, 0.3) is 0 Å². The summed E-state index contributed by atoms with van der Waals surface area (Å²) in [5.41, 5.74) is 5.94. The van der Waals surface area contributed by atoms with Gasteiger partial charge in [0.1, 0.15) is 5.75 Å². The average molecular weight is 454 g/mol. The lowest BCUT2D eigenvalue weighted by Gasteiger charge is -2.25. The molecule has 0 aliphatic carbocycles. The number of ether oxygens (including phenoxy) is 1. The number of hydrazone groups is 1. The van der Waals surface area contributed by atoms with Gasteiger partial charge in [-0.15, -0.1) is 0 Å².